The van der Waals surface area contributed by atoms with Crippen LogP contribution in [0.15, 0.2) is 0 Å². The molecule has 1 N–H and O–H groups in total. The van der Waals surface area contributed by atoms with Crippen molar-refractivity contribution in [2.24, 2.45) is 0 Å². The topological polar surface area (TPSA) is 18.5 Å². The molecule has 1 fully saturated rings. The Morgan fingerprint density at radius 1 is 1.38 bits per heavy atom. The monoisotopic (exact) mass is 243 g/mol. The third-order valence-electron chi connectivity index (χ3n) is 3.41. The maximum atomic E-state index is 5.42. The summed E-state index contributed by atoms with van der Waals surface area (Å²) in [6.45, 7) is 10.9. The van der Waals surface area contributed by atoms with Gasteiger partial charge in [0.05, 0.1) is 0 Å². The molecular formula is C12H25N3S. The molecule has 1 saturated heterocycles. The molecule has 16 heavy (non-hydrogen) atoms. The Labute approximate surface area is 105 Å². The molecule has 0 spiro atoms. The van der Waals surface area contributed by atoms with E-state index in [1.165, 1.54) is 12.8 Å². The summed E-state index contributed by atoms with van der Waals surface area (Å²) in [5.74, 6) is 0. The van der Waals surface area contributed by atoms with E-state index in [-0.39, 0.29) is 5.54 Å². The van der Waals surface area contributed by atoms with Gasteiger partial charge in [-0.3, -0.25) is 4.90 Å². The van der Waals surface area contributed by atoms with Crippen molar-refractivity contribution in [1.82, 2.24) is 15.1 Å². The second kappa shape index (κ2) is 5.82. The van der Waals surface area contributed by atoms with Crippen molar-refractivity contribution in [3.8, 4) is 0 Å². The van der Waals surface area contributed by atoms with E-state index in [0.717, 1.165) is 31.3 Å². The lowest BCUT2D eigenvalue weighted by atomic mass is 10.0. The Hall–Kier alpha value is -0.350. The molecule has 4 heteroatoms. The van der Waals surface area contributed by atoms with Crippen molar-refractivity contribution in [2.45, 2.75) is 39.2 Å². The minimum absolute atomic E-state index is 0.217. The Bertz CT molecular complexity index is 240. The zero-order chi connectivity index (χ0) is 12.2. The summed E-state index contributed by atoms with van der Waals surface area (Å²) in [5, 5.41) is 4.27. The fourth-order valence-electron chi connectivity index (χ4n) is 1.90. The number of likely N-dealkylation sites (N-methyl/N-ethyl adjacent to an activating group) is 1. The maximum Gasteiger partial charge on any atom is 0.169 e. The van der Waals surface area contributed by atoms with Crippen LogP contribution in [0.2, 0.25) is 0 Å². The molecule has 94 valence electrons. The zero-order valence-corrected chi connectivity index (χ0v) is 11.9. The molecule has 0 saturated carbocycles. The average molecular weight is 243 g/mol. The number of unbranched alkanes of at least 4 members (excludes halogenated alkanes) is 1. The molecule has 0 aromatic carbocycles. The standard InChI is InChI=1S/C12H25N3S/c1-5-6-7-13-11(16)15-9-8-14(4)12(2,3)10-15/h5-10H2,1-4H3,(H,13,16). The molecule has 0 aliphatic carbocycles. The Morgan fingerprint density at radius 2 is 2.06 bits per heavy atom. The molecule has 3 nitrogen and oxygen atoms in total. The molecule has 1 aliphatic rings. The summed E-state index contributed by atoms with van der Waals surface area (Å²) < 4.78 is 0. The predicted octanol–water partition coefficient (Wildman–Crippen LogP) is 1.69. The van der Waals surface area contributed by atoms with Crippen LogP contribution in [0.5, 0.6) is 0 Å². The van der Waals surface area contributed by atoms with Crippen LogP contribution in [0.1, 0.15) is 33.6 Å². The van der Waals surface area contributed by atoms with Crippen LogP contribution in [0, 0.1) is 0 Å². The van der Waals surface area contributed by atoms with Gasteiger partial charge in [-0.25, -0.2) is 0 Å². The first-order valence-electron chi connectivity index (χ1n) is 6.21. The van der Waals surface area contributed by atoms with Crippen LogP contribution in [0.3, 0.4) is 0 Å². The fourth-order valence-corrected chi connectivity index (χ4v) is 2.16. The van der Waals surface area contributed by atoms with Gasteiger partial charge in [0, 0.05) is 31.7 Å². The lowest BCUT2D eigenvalue weighted by molar-refractivity contribution is 0.0740. The minimum Gasteiger partial charge on any atom is -0.363 e. The second-order valence-corrected chi connectivity index (χ2v) is 5.63. The highest BCUT2D eigenvalue weighted by atomic mass is 32.1. The lowest BCUT2D eigenvalue weighted by Crippen LogP contribution is -2.60. The van der Waals surface area contributed by atoms with Gasteiger partial charge in [-0.1, -0.05) is 13.3 Å². The van der Waals surface area contributed by atoms with E-state index in [2.05, 4.69) is 42.9 Å². The highest BCUT2D eigenvalue weighted by molar-refractivity contribution is 7.80. The van der Waals surface area contributed by atoms with Crippen LogP contribution in [-0.4, -0.2) is 53.7 Å². The van der Waals surface area contributed by atoms with E-state index in [1.54, 1.807) is 0 Å². The first kappa shape index (κ1) is 13.7. The first-order chi connectivity index (χ1) is 7.47. The summed E-state index contributed by atoms with van der Waals surface area (Å²) in [4.78, 5) is 4.70. The van der Waals surface area contributed by atoms with Gasteiger partial charge >= 0.3 is 0 Å². The van der Waals surface area contributed by atoms with E-state index in [0.29, 0.717) is 0 Å². The van der Waals surface area contributed by atoms with Gasteiger partial charge in [0.1, 0.15) is 0 Å². The van der Waals surface area contributed by atoms with Crippen molar-refractivity contribution >= 4 is 17.3 Å². The summed E-state index contributed by atoms with van der Waals surface area (Å²) in [5.41, 5.74) is 0.217. The summed E-state index contributed by atoms with van der Waals surface area (Å²) in [7, 11) is 2.19. The highest BCUT2D eigenvalue weighted by Gasteiger charge is 2.31. The van der Waals surface area contributed by atoms with E-state index < -0.39 is 0 Å². The van der Waals surface area contributed by atoms with Gasteiger partial charge in [-0.15, -0.1) is 0 Å². The van der Waals surface area contributed by atoms with Crippen LogP contribution >= 0.6 is 12.2 Å². The van der Waals surface area contributed by atoms with Crippen molar-refractivity contribution in [3.63, 3.8) is 0 Å². The van der Waals surface area contributed by atoms with Crippen LogP contribution < -0.4 is 5.32 Å². The molecule has 1 heterocycles. The second-order valence-electron chi connectivity index (χ2n) is 5.24. The molecule has 0 amide bonds. The van der Waals surface area contributed by atoms with Crippen LogP contribution in [0.25, 0.3) is 0 Å². The van der Waals surface area contributed by atoms with Gasteiger partial charge in [0.25, 0.3) is 0 Å². The van der Waals surface area contributed by atoms with E-state index in [9.17, 15) is 0 Å². The summed E-state index contributed by atoms with van der Waals surface area (Å²) >= 11 is 5.42. The smallest absolute Gasteiger partial charge is 0.169 e. The van der Waals surface area contributed by atoms with E-state index >= 15 is 0 Å². The van der Waals surface area contributed by atoms with E-state index in [4.69, 9.17) is 12.2 Å². The Balaban J connectivity index is 2.40. The van der Waals surface area contributed by atoms with E-state index in [1.807, 2.05) is 0 Å². The molecule has 0 bridgehead atoms. The number of nitrogens with zero attached hydrogens (tertiary/aromatic N) is 2. The van der Waals surface area contributed by atoms with Crippen molar-refractivity contribution in [3.05, 3.63) is 0 Å². The Kier molecular flexibility index (Phi) is 4.99. The largest absolute Gasteiger partial charge is 0.363 e. The number of nitrogens with one attached hydrogen (secondary N) is 1. The van der Waals surface area contributed by atoms with Crippen molar-refractivity contribution < 1.29 is 0 Å². The fraction of sp³-hybridized carbons (Fsp3) is 0.917. The molecule has 0 radical (unpaired) electrons. The predicted molar refractivity (Wildman–Crippen MR) is 73.8 cm³/mol. The quantitative estimate of drug-likeness (QED) is 0.600. The van der Waals surface area contributed by atoms with Gasteiger partial charge < -0.3 is 10.2 Å². The minimum atomic E-state index is 0.217. The van der Waals surface area contributed by atoms with Gasteiger partial charge in [0.15, 0.2) is 5.11 Å². The molecule has 0 atom stereocenters. The number of rotatable bonds is 3. The first-order valence-corrected chi connectivity index (χ1v) is 6.62. The number of hydrogen-bond donors (Lipinski definition) is 1. The van der Waals surface area contributed by atoms with Gasteiger partial charge in [-0.05, 0) is 39.5 Å². The average Bonchev–Trinajstić information content (AvgIpc) is 2.22. The molecular weight excluding hydrogens is 218 g/mol. The van der Waals surface area contributed by atoms with Crippen molar-refractivity contribution in [2.75, 3.05) is 33.2 Å². The molecule has 1 aliphatic heterocycles. The maximum absolute atomic E-state index is 5.42. The van der Waals surface area contributed by atoms with Crippen LogP contribution in [0.4, 0.5) is 0 Å². The third-order valence-corrected chi connectivity index (χ3v) is 3.81. The Morgan fingerprint density at radius 3 is 2.62 bits per heavy atom. The van der Waals surface area contributed by atoms with Gasteiger partial charge in [0.2, 0.25) is 0 Å². The normalized spacial score (nSPS) is 20.9. The summed E-state index contributed by atoms with van der Waals surface area (Å²) in [6.07, 6.45) is 2.40. The van der Waals surface area contributed by atoms with Crippen molar-refractivity contribution in [1.29, 1.82) is 0 Å². The third kappa shape index (κ3) is 3.59. The summed E-state index contributed by atoms with van der Waals surface area (Å²) in [6, 6.07) is 0. The molecule has 0 unspecified atom stereocenters. The van der Waals surface area contributed by atoms with Gasteiger partial charge in [-0.2, -0.15) is 0 Å². The molecule has 0 aromatic rings. The highest BCUT2D eigenvalue weighted by Crippen LogP contribution is 2.18. The SMILES string of the molecule is CCCCNC(=S)N1CCN(C)C(C)(C)C1. The number of thiocarbonyl (C=S) groups is 1. The molecule has 0 aromatic heterocycles. The lowest BCUT2D eigenvalue weighted by Gasteiger charge is -2.46. The number of piperazine rings is 1. The zero-order valence-electron chi connectivity index (χ0n) is 11.0. The number of hydrogen-bond acceptors (Lipinski definition) is 2. The molecule has 1 rings (SSSR count). The van der Waals surface area contributed by atoms with Crippen LogP contribution in [-0.2, 0) is 0 Å².